The van der Waals surface area contributed by atoms with Gasteiger partial charge < -0.3 is 0 Å². The second-order valence-corrected chi connectivity index (χ2v) is 7.32. The van der Waals surface area contributed by atoms with E-state index in [0.717, 1.165) is 9.13 Å². The van der Waals surface area contributed by atoms with Crippen molar-refractivity contribution in [1.29, 1.82) is 0 Å². The minimum atomic E-state index is -0.289. The van der Waals surface area contributed by atoms with Crippen LogP contribution in [-0.2, 0) is 16.0 Å². The van der Waals surface area contributed by atoms with E-state index in [1.54, 1.807) is 0 Å². The van der Waals surface area contributed by atoms with E-state index in [0.29, 0.717) is 12.1 Å². The molecule has 1 fully saturated rings. The Morgan fingerprint density at radius 3 is 2.17 bits per heavy atom. The van der Waals surface area contributed by atoms with Crippen LogP contribution in [0.4, 0.5) is 5.69 Å². The number of hydrogen-bond donors (Lipinski definition) is 0. The van der Waals surface area contributed by atoms with Crippen molar-refractivity contribution >= 4 is 40.1 Å². The number of rotatable bonds is 3. The fraction of sp³-hybridized carbons (Fsp3) is 0.263. The fourth-order valence-corrected chi connectivity index (χ4v) is 3.31. The Hall–Kier alpha value is -1.69. The lowest BCUT2D eigenvalue weighted by Crippen LogP contribution is -2.31. The van der Waals surface area contributed by atoms with Crippen LogP contribution in [0, 0.1) is 22.3 Å². The molecule has 0 unspecified atom stereocenters. The average Bonchev–Trinajstić information content (AvgIpc) is 2.74. The fourth-order valence-electron chi connectivity index (χ4n) is 2.95. The van der Waals surface area contributed by atoms with Gasteiger partial charge in [-0.05, 0) is 65.8 Å². The van der Waals surface area contributed by atoms with E-state index >= 15 is 0 Å². The summed E-state index contributed by atoms with van der Waals surface area (Å²) >= 11 is 2.21. The van der Waals surface area contributed by atoms with Crippen molar-refractivity contribution in [3.05, 3.63) is 63.2 Å². The molecule has 0 bridgehead atoms. The van der Waals surface area contributed by atoms with Gasteiger partial charge in [0.1, 0.15) is 0 Å². The van der Waals surface area contributed by atoms with Gasteiger partial charge in [0, 0.05) is 9.49 Å². The second-order valence-electron chi connectivity index (χ2n) is 6.07. The van der Waals surface area contributed by atoms with E-state index in [4.69, 9.17) is 0 Å². The molecule has 2 aromatic carbocycles. The quantitative estimate of drug-likeness (QED) is 0.558. The summed E-state index contributed by atoms with van der Waals surface area (Å²) in [7, 11) is 0. The highest BCUT2D eigenvalue weighted by molar-refractivity contribution is 14.1. The molecule has 1 heterocycles. The number of benzene rings is 2. The molecule has 1 aliphatic rings. The molecular weight excluding hydrogens is 401 g/mol. The molecule has 4 heteroatoms. The van der Waals surface area contributed by atoms with Gasteiger partial charge >= 0.3 is 0 Å². The van der Waals surface area contributed by atoms with E-state index in [1.165, 1.54) is 10.5 Å². The van der Waals surface area contributed by atoms with Gasteiger partial charge in [-0.25, -0.2) is 0 Å². The summed E-state index contributed by atoms with van der Waals surface area (Å²) in [4.78, 5) is 26.7. The Balaban J connectivity index is 1.85. The first-order valence-electron chi connectivity index (χ1n) is 7.66. The monoisotopic (exact) mass is 419 g/mol. The molecule has 2 atom stereocenters. The van der Waals surface area contributed by atoms with Gasteiger partial charge in [-0.2, -0.15) is 0 Å². The molecule has 1 aliphatic heterocycles. The summed E-state index contributed by atoms with van der Waals surface area (Å²) in [6.45, 7) is 3.89. The average molecular weight is 419 g/mol. The molecule has 3 rings (SSSR count). The molecular formula is C19H18INO2. The number of aryl methyl sites for hydroxylation is 1. The summed E-state index contributed by atoms with van der Waals surface area (Å²) in [6, 6.07) is 15.6. The van der Waals surface area contributed by atoms with Crippen LogP contribution in [0.5, 0.6) is 0 Å². The first kappa shape index (κ1) is 16.2. The molecule has 3 nitrogen and oxygen atoms in total. The Morgan fingerprint density at radius 1 is 0.957 bits per heavy atom. The van der Waals surface area contributed by atoms with E-state index in [2.05, 4.69) is 22.6 Å². The number of nitrogens with zero attached hydrogens (tertiary/aromatic N) is 1. The van der Waals surface area contributed by atoms with Crippen LogP contribution in [0.1, 0.15) is 18.1 Å². The number of anilines is 1. The van der Waals surface area contributed by atoms with Gasteiger partial charge in [0.05, 0.1) is 11.6 Å². The van der Waals surface area contributed by atoms with Gasteiger partial charge in [-0.1, -0.05) is 36.8 Å². The van der Waals surface area contributed by atoms with Crippen LogP contribution >= 0.6 is 22.6 Å². The maximum absolute atomic E-state index is 12.8. The van der Waals surface area contributed by atoms with Crippen LogP contribution in [0.15, 0.2) is 48.5 Å². The molecule has 2 aromatic rings. The molecule has 0 aliphatic carbocycles. The number of imide groups is 1. The maximum Gasteiger partial charge on any atom is 0.238 e. The van der Waals surface area contributed by atoms with Crippen molar-refractivity contribution in [3.63, 3.8) is 0 Å². The van der Waals surface area contributed by atoms with E-state index in [9.17, 15) is 9.59 Å². The number of carbonyl (C=O) groups excluding carboxylic acids is 2. The maximum atomic E-state index is 12.8. The predicted octanol–water partition coefficient (Wildman–Crippen LogP) is 3.97. The normalized spacial score (nSPS) is 21.1. The van der Waals surface area contributed by atoms with Crippen molar-refractivity contribution in [3.8, 4) is 0 Å². The Morgan fingerprint density at radius 2 is 1.57 bits per heavy atom. The van der Waals surface area contributed by atoms with Gasteiger partial charge in [0.15, 0.2) is 0 Å². The lowest BCUT2D eigenvalue weighted by Gasteiger charge is -2.15. The molecule has 118 valence electrons. The van der Waals surface area contributed by atoms with E-state index in [1.807, 2.05) is 62.4 Å². The molecule has 1 saturated heterocycles. The molecule has 0 N–H and O–H groups in total. The highest BCUT2D eigenvalue weighted by atomic mass is 127. The van der Waals surface area contributed by atoms with Crippen molar-refractivity contribution in [2.75, 3.05) is 4.90 Å². The summed E-state index contributed by atoms with van der Waals surface area (Å²) in [5.74, 6) is -0.773. The lowest BCUT2D eigenvalue weighted by atomic mass is 9.90. The molecule has 2 amide bonds. The Bertz CT molecular complexity index is 737. The topological polar surface area (TPSA) is 37.4 Å². The smallest absolute Gasteiger partial charge is 0.238 e. The van der Waals surface area contributed by atoms with Crippen molar-refractivity contribution in [2.45, 2.75) is 20.3 Å². The predicted molar refractivity (Wildman–Crippen MR) is 99.2 cm³/mol. The third-order valence-electron chi connectivity index (χ3n) is 4.41. The zero-order valence-electron chi connectivity index (χ0n) is 13.1. The minimum Gasteiger partial charge on any atom is -0.274 e. The largest absolute Gasteiger partial charge is 0.274 e. The highest BCUT2D eigenvalue weighted by Crippen LogP contribution is 2.33. The first-order chi connectivity index (χ1) is 11.0. The highest BCUT2D eigenvalue weighted by Gasteiger charge is 2.45. The Kier molecular flexibility index (Phi) is 4.53. The van der Waals surface area contributed by atoms with Gasteiger partial charge in [0.25, 0.3) is 0 Å². The number of halogens is 1. The number of hydrogen-bond acceptors (Lipinski definition) is 2. The molecule has 0 radical (unpaired) electrons. The minimum absolute atomic E-state index is 0.0933. The summed E-state index contributed by atoms with van der Waals surface area (Å²) in [5, 5.41) is 0. The second kappa shape index (κ2) is 6.43. The van der Waals surface area contributed by atoms with Crippen LogP contribution in [0.25, 0.3) is 0 Å². The van der Waals surface area contributed by atoms with Gasteiger partial charge in [0.2, 0.25) is 11.8 Å². The van der Waals surface area contributed by atoms with Crippen molar-refractivity contribution in [2.24, 2.45) is 11.8 Å². The summed E-state index contributed by atoms with van der Waals surface area (Å²) < 4.78 is 1.08. The Labute approximate surface area is 149 Å². The van der Waals surface area contributed by atoms with Gasteiger partial charge in [-0.15, -0.1) is 0 Å². The zero-order valence-corrected chi connectivity index (χ0v) is 15.3. The molecule has 0 spiro atoms. The zero-order chi connectivity index (χ0) is 16.6. The standard InChI is InChI=1S/C19H18INO2/c1-12-3-5-14(6-4-12)11-17-13(2)18(22)21(19(17)23)16-9-7-15(20)8-10-16/h3-10,13,17H,11H2,1-2H3/t13-,17-/m1/s1. The number of amides is 2. The molecule has 0 aromatic heterocycles. The molecule has 0 saturated carbocycles. The van der Waals surface area contributed by atoms with Crippen LogP contribution < -0.4 is 4.90 Å². The van der Waals surface area contributed by atoms with Crippen LogP contribution in [-0.4, -0.2) is 11.8 Å². The van der Waals surface area contributed by atoms with Crippen molar-refractivity contribution in [1.82, 2.24) is 0 Å². The van der Waals surface area contributed by atoms with E-state index < -0.39 is 0 Å². The summed E-state index contributed by atoms with van der Waals surface area (Å²) in [6.07, 6.45) is 0.604. The lowest BCUT2D eigenvalue weighted by molar-refractivity contribution is -0.122. The third kappa shape index (κ3) is 3.17. The van der Waals surface area contributed by atoms with Crippen LogP contribution in [0.2, 0.25) is 0 Å². The third-order valence-corrected chi connectivity index (χ3v) is 5.13. The van der Waals surface area contributed by atoms with Gasteiger partial charge in [-0.3, -0.25) is 14.5 Å². The SMILES string of the molecule is Cc1ccc(C[C@H]2C(=O)N(c3ccc(I)cc3)C(=O)[C@@H]2C)cc1. The summed E-state index contributed by atoms with van der Waals surface area (Å²) in [5.41, 5.74) is 2.95. The van der Waals surface area contributed by atoms with Crippen LogP contribution in [0.3, 0.4) is 0 Å². The number of carbonyl (C=O) groups is 2. The van der Waals surface area contributed by atoms with Crippen molar-refractivity contribution < 1.29 is 9.59 Å². The van der Waals surface area contributed by atoms with E-state index in [-0.39, 0.29) is 23.7 Å². The first-order valence-corrected chi connectivity index (χ1v) is 8.74. The molecule has 23 heavy (non-hydrogen) atoms.